The second kappa shape index (κ2) is 7.42. The van der Waals surface area contributed by atoms with Gasteiger partial charge in [0.25, 0.3) is 0 Å². The molecule has 7 heteroatoms. The molecule has 0 spiro atoms. The van der Waals surface area contributed by atoms with Gasteiger partial charge in [0, 0.05) is 43.4 Å². The van der Waals surface area contributed by atoms with E-state index in [1.165, 1.54) is 0 Å². The summed E-state index contributed by atoms with van der Waals surface area (Å²) in [4.78, 5) is 26.4. The number of para-hydroxylation sites is 1. The van der Waals surface area contributed by atoms with E-state index >= 15 is 0 Å². The highest BCUT2D eigenvalue weighted by Crippen LogP contribution is 2.36. The van der Waals surface area contributed by atoms with E-state index in [-0.39, 0.29) is 17.9 Å². The maximum Gasteiger partial charge on any atom is 0.319 e. The third-order valence-electron chi connectivity index (χ3n) is 5.18. The molecule has 0 bridgehead atoms. The normalized spacial score (nSPS) is 17.7. The van der Waals surface area contributed by atoms with Crippen LogP contribution < -0.4 is 25.0 Å². The first kappa shape index (κ1) is 18.2. The number of fused-ring (bicyclic) bond motifs is 2. The largest absolute Gasteiger partial charge is 0.486 e. The second-order valence-corrected chi connectivity index (χ2v) is 7.06. The highest BCUT2D eigenvalue weighted by molar-refractivity contribution is 5.97. The van der Waals surface area contributed by atoms with Crippen molar-refractivity contribution in [2.75, 3.05) is 37.0 Å². The fourth-order valence-corrected chi connectivity index (χ4v) is 3.62. The Labute approximate surface area is 163 Å². The average Bonchev–Trinajstić information content (AvgIpc) is 2.70. The summed E-state index contributed by atoms with van der Waals surface area (Å²) < 4.78 is 11.1. The highest BCUT2D eigenvalue weighted by Gasteiger charge is 2.29. The van der Waals surface area contributed by atoms with Crippen LogP contribution in [0, 0.1) is 6.92 Å². The molecule has 2 aliphatic heterocycles. The summed E-state index contributed by atoms with van der Waals surface area (Å²) in [5.41, 5.74) is 3.52. The van der Waals surface area contributed by atoms with Crippen molar-refractivity contribution in [2.24, 2.45) is 0 Å². The van der Waals surface area contributed by atoms with Crippen molar-refractivity contribution in [3.63, 3.8) is 0 Å². The molecule has 0 aliphatic carbocycles. The van der Waals surface area contributed by atoms with Crippen molar-refractivity contribution in [1.29, 1.82) is 0 Å². The summed E-state index contributed by atoms with van der Waals surface area (Å²) in [5.74, 6) is 1.32. The summed E-state index contributed by atoms with van der Waals surface area (Å²) in [6.07, 6.45) is 0.372. The first-order valence-corrected chi connectivity index (χ1v) is 9.33. The lowest BCUT2D eigenvalue weighted by Crippen LogP contribution is -2.38. The van der Waals surface area contributed by atoms with Crippen LogP contribution in [0.25, 0.3) is 0 Å². The zero-order chi connectivity index (χ0) is 19.7. The number of nitrogens with one attached hydrogen (secondary N) is 2. The van der Waals surface area contributed by atoms with Crippen LogP contribution in [0.5, 0.6) is 11.5 Å². The lowest BCUT2D eigenvalue weighted by atomic mass is 9.89. The fourth-order valence-electron chi connectivity index (χ4n) is 3.62. The van der Waals surface area contributed by atoms with Crippen LogP contribution in [-0.2, 0) is 4.79 Å². The van der Waals surface area contributed by atoms with Crippen LogP contribution in [0.4, 0.5) is 16.2 Å². The van der Waals surface area contributed by atoms with Crippen LogP contribution in [0.2, 0.25) is 0 Å². The van der Waals surface area contributed by atoms with E-state index in [0.717, 1.165) is 16.8 Å². The molecular weight excluding hydrogens is 358 g/mol. The summed E-state index contributed by atoms with van der Waals surface area (Å²) >= 11 is 0. The molecule has 2 aromatic rings. The fraction of sp³-hybridized carbons (Fsp3) is 0.333. The van der Waals surface area contributed by atoms with Crippen molar-refractivity contribution in [1.82, 2.24) is 5.32 Å². The number of carbonyl (C=O) groups is 2. The maximum atomic E-state index is 12.4. The molecule has 0 unspecified atom stereocenters. The minimum absolute atomic E-state index is 0.0491. The number of hydrogen-bond donors (Lipinski definition) is 2. The Morgan fingerprint density at radius 2 is 1.89 bits per heavy atom. The van der Waals surface area contributed by atoms with E-state index in [9.17, 15) is 9.59 Å². The topological polar surface area (TPSA) is 79.9 Å². The third kappa shape index (κ3) is 3.47. The Kier molecular flexibility index (Phi) is 4.81. The lowest BCUT2D eigenvalue weighted by Gasteiger charge is -2.31. The van der Waals surface area contributed by atoms with Crippen molar-refractivity contribution in [3.8, 4) is 11.5 Å². The molecule has 0 aromatic heterocycles. The minimum Gasteiger partial charge on any atom is -0.486 e. The van der Waals surface area contributed by atoms with E-state index in [1.54, 1.807) is 18.0 Å². The van der Waals surface area contributed by atoms with Gasteiger partial charge in [0.05, 0.1) is 0 Å². The van der Waals surface area contributed by atoms with Gasteiger partial charge in [-0.15, -0.1) is 0 Å². The Morgan fingerprint density at radius 3 is 2.68 bits per heavy atom. The number of carbonyl (C=O) groups excluding carboxylic acids is 2. The summed E-state index contributed by atoms with van der Waals surface area (Å²) in [6, 6.07) is 11.1. The molecule has 2 aromatic carbocycles. The Hall–Kier alpha value is -3.22. The zero-order valence-electron chi connectivity index (χ0n) is 16.0. The summed E-state index contributed by atoms with van der Waals surface area (Å²) in [6.45, 7) is 3.30. The number of benzene rings is 2. The molecule has 28 heavy (non-hydrogen) atoms. The van der Waals surface area contributed by atoms with Crippen LogP contribution in [0.15, 0.2) is 36.4 Å². The first-order valence-electron chi connectivity index (χ1n) is 9.33. The first-order chi connectivity index (χ1) is 13.5. The lowest BCUT2D eigenvalue weighted by molar-refractivity contribution is -0.119. The molecular formula is C21H23N3O4. The summed E-state index contributed by atoms with van der Waals surface area (Å²) in [7, 11) is 1.78. The molecule has 2 N–H and O–H groups in total. The van der Waals surface area contributed by atoms with Crippen molar-refractivity contribution >= 4 is 23.3 Å². The zero-order valence-corrected chi connectivity index (χ0v) is 16.0. The number of anilines is 2. The van der Waals surface area contributed by atoms with Crippen LogP contribution in [0.1, 0.15) is 23.5 Å². The van der Waals surface area contributed by atoms with Crippen molar-refractivity contribution in [2.45, 2.75) is 19.3 Å². The van der Waals surface area contributed by atoms with Gasteiger partial charge >= 0.3 is 6.03 Å². The van der Waals surface area contributed by atoms with Gasteiger partial charge in [-0.1, -0.05) is 18.2 Å². The van der Waals surface area contributed by atoms with Gasteiger partial charge in [-0.25, -0.2) is 4.79 Å². The smallest absolute Gasteiger partial charge is 0.319 e. The van der Waals surface area contributed by atoms with Crippen LogP contribution in [-0.4, -0.2) is 38.7 Å². The van der Waals surface area contributed by atoms with Crippen molar-refractivity contribution in [3.05, 3.63) is 47.5 Å². The van der Waals surface area contributed by atoms with Gasteiger partial charge in [-0.3, -0.25) is 4.79 Å². The molecule has 7 nitrogen and oxygen atoms in total. The average molecular weight is 381 g/mol. The maximum absolute atomic E-state index is 12.4. The standard InChI is InChI=1S/C21H23N3O4/c1-13-9-18-19(28-8-7-27-18)11-16(13)23-21(26)22-12-14-10-20(25)24(2)17-6-4-3-5-15(14)17/h3-6,9,11,14H,7-8,10,12H2,1-2H3,(H2,22,23,26)/t14-/m0/s1. The third-order valence-corrected chi connectivity index (χ3v) is 5.18. The number of urea groups is 1. The molecule has 2 heterocycles. The monoisotopic (exact) mass is 381 g/mol. The Morgan fingerprint density at radius 1 is 1.18 bits per heavy atom. The number of aryl methyl sites for hydroxylation is 1. The molecule has 0 fully saturated rings. The van der Waals surface area contributed by atoms with Gasteiger partial charge in [-0.05, 0) is 30.2 Å². The minimum atomic E-state index is -0.316. The quantitative estimate of drug-likeness (QED) is 0.856. The highest BCUT2D eigenvalue weighted by atomic mass is 16.6. The van der Waals surface area contributed by atoms with E-state index in [1.807, 2.05) is 37.3 Å². The molecule has 1 atom stereocenters. The molecule has 0 saturated carbocycles. The SMILES string of the molecule is Cc1cc2c(cc1NC(=O)NC[C@@H]1CC(=O)N(C)c3ccccc31)OCCO2. The van der Waals surface area contributed by atoms with E-state index < -0.39 is 0 Å². The number of ether oxygens (including phenoxy) is 2. The van der Waals surface area contributed by atoms with Gasteiger partial charge in [0.15, 0.2) is 11.5 Å². The predicted molar refractivity (Wildman–Crippen MR) is 106 cm³/mol. The number of nitrogens with zero attached hydrogens (tertiary/aromatic N) is 1. The molecule has 3 amide bonds. The van der Waals surface area contributed by atoms with E-state index in [4.69, 9.17) is 9.47 Å². The van der Waals surface area contributed by atoms with Gasteiger partial charge in [-0.2, -0.15) is 0 Å². The molecule has 0 saturated heterocycles. The number of rotatable bonds is 3. The second-order valence-electron chi connectivity index (χ2n) is 7.06. The molecule has 146 valence electrons. The Balaban J connectivity index is 1.43. The molecule has 0 radical (unpaired) electrons. The van der Waals surface area contributed by atoms with Gasteiger partial charge in [0.1, 0.15) is 13.2 Å². The number of hydrogen-bond acceptors (Lipinski definition) is 4. The summed E-state index contributed by atoms with van der Waals surface area (Å²) in [5, 5.41) is 5.75. The molecule has 2 aliphatic rings. The van der Waals surface area contributed by atoms with Crippen LogP contribution in [0.3, 0.4) is 0 Å². The predicted octanol–water partition coefficient (Wildman–Crippen LogP) is 3.04. The van der Waals surface area contributed by atoms with E-state index in [0.29, 0.717) is 43.4 Å². The van der Waals surface area contributed by atoms with Crippen LogP contribution >= 0.6 is 0 Å². The van der Waals surface area contributed by atoms with Crippen molar-refractivity contribution < 1.29 is 19.1 Å². The van der Waals surface area contributed by atoms with E-state index in [2.05, 4.69) is 10.6 Å². The van der Waals surface area contributed by atoms with Gasteiger partial charge < -0.3 is 25.0 Å². The van der Waals surface area contributed by atoms with Gasteiger partial charge in [0.2, 0.25) is 5.91 Å². The Bertz CT molecular complexity index is 928. The molecule has 4 rings (SSSR count). The number of amides is 3.